The molecule has 0 bridgehead atoms. The van der Waals surface area contributed by atoms with E-state index in [1.165, 1.54) is 36.5 Å². The Bertz CT molecular complexity index is 2640. The summed E-state index contributed by atoms with van der Waals surface area (Å²) in [6.45, 7) is 0. The van der Waals surface area contributed by atoms with Crippen molar-refractivity contribution in [2.24, 2.45) is 0 Å². The maximum absolute atomic E-state index is 9.34. The molecule has 0 amide bonds. The quantitative estimate of drug-likeness (QED) is 0.201. The van der Waals surface area contributed by atoms with Crippen molar-refractivity contribution in [2.75, 3.05) is 0 Å². The minimum atomic E-state index is 0.618. The highest BCUT2D eigenvalue weighted by molar-refractivity contribution is 7.26. The summed E-state index contributed by atoms with van der Waals surface area (Å²) in [5.41, 5.74) is 8.60. The molecule has 0 fully saturated rings. The number of rotatable bonds is 4. The van der Waals surface area contributed by atoms with Gasteiger partial charge in [0.05, 0.1) is 38.8 Å². The van der Waals surface area contributed by atoms with Gasteiger partial charge in [0.1, 0.15) is 0 Å². The van der Waals surface area contributed by atoms with Crippen LogP contribution in [-0.2, 0) is 0 Å². The number of fused-ring (bicyclic) bond motifs is 7. The first kappa shape index (κ1) is 26.3. The third-order valence-electron chi connectivity index (χ3n) is 8.65. The van der Waals surface area contributed by atoms with E-state index < -0.39 is 0 Å². The van der Waals surface area contributed by atoms with E-state index in [-0.39, 0.29) is 0 Å². The molecule has 0 radical (unpaired) electrons. The standard InChI is InChI=1S/C41H24N4S/c42-25-26-17-19-28(20-18-26)36-24-35(27-9-2-1-3-10-27)43-41(44-36)29-11-8-12-30(23-29)45-37-15-6-4-13-31(37)33-21-22-34-32-14-5-7-16-38(32)46-40(34)39(33)45/h1-24H. The van der Waals surface area contributed by atoms with Crippen LogP contribution in [-0.4, -0.2) is 14.5 Å². The molecule has 0 spiro atoms. The maximum atomic E-state index is 9.34. The van der Waals surface area contributed by atoms with Gasteiger partial charge >= 0.3 is 0 Å². The van der Waals surface area contributed by atoms with Crippen LogP contribution in [0.1, 0.15) is 5.56 Å². The molecule has 0 aliphatic rings. The topological polar surface area (TPSA) is 54.5 Å². The van der Waals surface area contributed by atoms with Gasteiger partial charge in [-0.1, -0.05) is 103 Å². The zero-order valence-corrected chi connectivity index (χ0v) is 25.4. The summed E-state index contributed by atoms with van der Waals surface area (Å²) in [5, 5.41) is 14.4. The van der Waals surface area contributed by atoms with Crippen LogP contribution < -0.4 is 0 Å². The lowest BCUT2D eigenvalue weighted by Gasteiger charge is -2.12. The predicted molar refractivity (Wildman–Crippen MR) is 190 cm³/mol. The largest absolute Gasteiger partial charge is 0.308 e. The highest BCUT2D eigenvalue weighted by atomic mass is 32.1. The Morgan fingerprint density at radius 3 is 2.02 bits per heavy atom. The van der Waals surface area contributed by atoms with E-state index in [0.29, 0.717) is 11.4 Å². The van der Waals surface area contributed by atoms with Crippen LogP contribution in [0, 0.1) is 11.3 Å². The van der Waals surface area contributed by atoms with Gasteiger partial charge in [0, 0.05) is 48.6 Å². The van der Waals surface area contributed by atoms with Gasteiger partial charge in [-0.3, -0.25) is 0 Å². The monoisotopic (exact) mass is 604 g/mol. The van der Waals surface area contributed by atoms with Crippen LogP contribution in [0.4, 0.5) is 0 Å². The van der Waals surface area contributed by atoms with Crippen LogP contribution in [0.2, 0.25) is 0 Å². The van der Waals surface area contributed by atoms with Crippen molar-refractivity contribution < 1.29 is 0 Å². The molecule has 3 aromatic heterocycles. The summed E-state index contributed by atoms with van der Waals surface area (Å²) >= 11 is 1.85. The Morgan fingerprint density at radius 1 is 0.543 bits per heavy atom. The molecular formula is C41H24N4S. The number of benzene rings is 6. The van der Waals surface area contributed by atoms with E-state index in [9.17, 15) is 5.26 Å². The number of para-hydroxylation sites is 1. The molecular weight excluding hydrogens is 581 g/mol. The second kappa shape index (κ2) is 10.5. The second-order valence-corrected chi connectivity index (χ2v) is 12.4. The van der Waals surface area contributed by atoms with E-state index in [2.05, 4.69) is 108 Å². The molecule has 0 atom stereocenters. The van der Waals surface area contributed by atoms with Crippen molar-refractivity contribution in [3.05, 3.63) is 151 Å². The highest BCUT2D eigenvalue weighted by Gasteiger charge is 2.18. The van der Waals surface area contributed by atoms with Crippen LogP contribution in [0.3, 0.4) is 0 Å². The van der Waals surface area contributed by atoms with Gasteiger partial charge in [-0.25, -0.2) is 9.97 Å². The molecule has 0 saturated carbocycles. The lowest BCUT2D eigenvalue weighted by molar-refractivity contribution is 1.16. The first-order chi connectivity index (χ1) is 22.7. The molecule has 214 valence electrons. The Kier molecular flexibility index (Phi) is 6.02. The number of nitriles is 1. The lowest BCUT2D eigenvalue weighted by atomic mass is 10.1. The normalized spacial score (nSPS) is 11.5. The van der Waals surface area contributed by atoms with Crippen LogP contribution >= 0.6 is 11.3 Å². The first-order valence-electron chi connectivity index (χ1n) is 15.1. The van der Waals surface area contributed by atoms with Crippen molar-refractivity contribution in [2.45, 2.75) is 0 Å². The number of thiophene rings is 1. The number of aromatic nitrogens is 3. The Morgan fingerprint density at radius 2 is 1.22 bits per heavy atom. The SMILES string of the molecule is N#Cc1ccc(-c2cc(-c3ccccc3)nc(-c3cccc(-n4c5ccccc5c5ccc6c7ccccc7sc6c54)c3)n2)cc1. The lowest BCUT2D eigenvalue weighted by Crippen LogP contribution is -1.98. The van der Waals surface area contributed by atoms with Crippen LogP contribution in [0.25, 0.3) is 81.6 Å². The third-order valence-corrected chi connectivity index (χ3v) is 9.84. The summed E-state index contributed by atoms with van der Waals surface area (Å²) in [4.78, 5) is 10.2. The molecule has 4 nitrogen and oxygen atoms in total. The second-order valence-electron chi connectivity index (χ2n) is 11.4. The van der Waals surface area contributed by atoms with E-state index in [1.807, 2.05) is 59.9 Å². The average molecular weight is 605 g/mol. The van der Waals surface area contributed by atoms with Gasteiger partial charge in [0.2, 0.25) is 0 Å². The van der Waals surface area contributed by atoms with Gasteiger partial charge < -0.3 is 4.57 Å². The number of nitrogens with zero attached hydrogens (tertiary/aromatic N) is 4. The molecule has 0 aliphatic carbocycles. The zero-order valence-electron chi connectivity index (χ0n) is 24.6. The van der Waals surface area contributed by atoms with E-state index >= 15 is 0 Å². The van der Waals surface area contributed by atoms with Crippen molar-refractivity contribution in [1.82, 2.24) is 14.5 Å². The molecule has 5 heteroatoms. The van der Waals surface area contributed by atoms with Crippen molar-refractivity contribution in [3.63, 3.8) is 0 Å². The minimum Gasteiger partial charge on any atom is -0.308 e. The molecule has 9 aromatic rings. The van der Waals surface area contributed by atoms with Crippen LogP contribution in [0.5, 0.6) is 0 Å². The van der Waals surface area contributed by atoms with Crippen molar-refractivity contribution in [1.29, 1.82) is 5.26 Å². The molecule has 0 N–H and O–H groups in total. The van der Waals surface area contributed by atoms with Gasteiger partial charge in [-0.2, -0.15) is 5.26 Å². The molecule has 0 aliphatic heterocycles. The minimum absolute atomic E-state index is 0.618. The molecule has 3 heterocycles. The fraction of sp³-hybridized carbons (Fsp3) is 0. The van der Waals surface area contributed by atoms with Crippen molar-refractivity contribution >= 4 is 53.3 Å². The molecule has 46 heavy (non-hydrogen) atoms. The Labute approximate surface area is 269 Å². The summed E-state index contributed by atoms with van der Waals surface area (Å²) in [6.07, 6.45) is 0. The molecule has 9 rings (SSSR count). The summed E-state index contributed by atoms with van der Waals surface area (Å²) < 4.78 is 4.97. The van der Waals surface area contributed by atoms with Gasteiger partial charge in [0.25, 0.3) is 0 Å². The van der Waals surface area contributed by atoms with E-state index in [0.717, 1.165) is 39.3 Å². The summed E-state index contributed by atoms with van der Waals surface area (Å²) in [5.74, 6) is 0.648. The van der Waals surface area contributed by atoms with Gasteiger partial charge in [-0.05, 0) is 42.5 Å². The predicted octanol–water partition coefficient (Wildman–Crippen LogP) is 10.8. The van der Waals surface area contributed by atoms with Gasteiger partial charge in [-0.15, -0.1) is 11.3 Å². The third kappa shape index (κ3) is 4.20. The van der Waals surface area contributed by atoms with Crippen molar-refractivity contribution in [3.8, 4) is 45.7 Å². The number of hydrogen-bond donors (Lipinski definition) is 0. The maximum Gasteiger partial charge on any atom is 0.160 e. The number of hydrogen-bond acceptors (Lipinski definition) is 4. The Balaban J connectivity index is 1.28. The highest BCUT2D eigenvalue weighted by Crippen LogP contribution is 2.43. The zero-order chi connectivity index (χ0) is 30.6. The summed E-state index contributed by atoms with van der Waals surface area (Å²) in [6, 6.07) is 52.4. The molecule has 6 aromatic carbocycles. The van der Waals surface area contributed by atoms with E-state index in [1.54, 1.807) is 0 Å². The summed E-state index contributed by atoms with van der Waals surface area (Å²) in [7, 11) is 0. The molecule has 0 saturated heterocycles. The Hall–Kier alpha value is -6.09. The molecule has 0 unspecified atom stereocenters. The van der Waals surface area contributed by atoms with Crippen LogP contribution in [0.15, 0.2) is 146 Å². The fourth-order valence-corrected chi connectivity index (χ4v) is 7.72. The first-order valence-corrected chi connectivity index (χ1v) is 16.0. The van der Waals surface area contributed by atoms with Gasteiger partial charge in [0.15, 0.2) is 5.82 Å². The smallest absolute Gasteiger partial charge is 0.160 e. The fourth-order valence-electron chi connectivity index (χ4n) is 6.48. The van der Waals surface area contributed by atoms with E-state index in [4.69, 9.17) is 9.97 Å². The average Bonchev–Trinajstić information content (AvgIpc) is 3.68.